The molecule has 5 heteroatoms. The topological polar surface area (TPSA) is 46.9 Å². The van der Waals surface area contributed by atoms with Gasteiger partial charge in [0.1, 0.15) is 0 Å². The van der Waals surface area contributed by atoms with Gasteiger partial charge >= 0.3 is 0 Å². The molecule has 19 heavy (non-hydrogen) atoms. The van der Waals surface area contributed by atoms with Crippen LogP contribution in [-0.2, 0) is 13.1 Å². The van der Waals surface area contributed by atoms with Crippen LogP contribution in [0.5, 0.6) is 0 Å². The Morgan fingerprint density at radius 1 is 1.42 bits per heavy atom. The Morgan fingerprint density at radius 2 is 2.21 bits per heavy atom. The molecule has 1 N–H and O–H groups in total. The Balaban J connectivity index is 2.13. The van der Waals surface area contributed by atoms with Crippen LogP contribution in [0.15, 0.2) is 27.9 Å². The molecule has 2 aromatic rings. The molecule has 2 aromatic heterocycles. The Bertz CT molecular complexity index is 601. The summed E-state index contributed by atoms with van der Waals surface area (Å²) in [4.78, 5) is 16.3. The maximum absolute atomic E-state index is 12.2. The number of nitrogens with one attached hydrogen (secondary N) is 1. The van der Waals surface area contributed by atoms with Crippen molar-refractivity contribution in [3.05, 3.63) is 44.6 Å². The van der Waals surface area contributed by atoms with Gasteiger partial charge in [-0.25, -0.2) is 4.98 Å². The lowest BCUT2D eigenvalue weighted by atomic mass is 10.2. The van der Waals surface area contributed by atoms with Crippen LogP contribution in [0.1, 0.15) is 25.0 Å². The highest BCUT2D eigenvalue weighted by molar-refractivity contribution is 7.08. The third kappa shape index (κ3) is 3.44. The van der Waals surface area contributed by atoms with Gasteiger partial charge in [-0.1, -0.05) is 13.8 Å². The number of hydrogen-bond acceptors (Lipinski definition) is 4. The lowest BCUT2D eigenvalue weighted by Crippen LogP contribution is -2.25. The molecular weight excluding hydrogens is 258 g/mol. The molecule has 0 saturated carbocycles. The highest BCUT2D eigenvalue weighted by Crippen LogP contribution is 2.14. The van der Waals surface area contributed by atoms with Gasteiger partial charge in [0.2, 0.25) is 0 Å². The van der Waals surface area contributed by atoms with Crippen LogP contribution < -0.4 is 10.9 Å². The molecule has 0 unspecified atom stereocenters. The summed E-state index contributed by atoms with van der Waals surface area (Å²) in [5, 5.41) is 7.33. The number of hydrogen-bond donors (Lipinski definition) is 1. The van der Waals surface area contributed by atoms with E-state index >= 15 is 0 Å². The van der Waals surface area contributed by atoms with Gasteiger partial charge in [-0.15, -0.1) is 0 Å². The van der Waals surface area contributed by atoms with Gasteiger partial charge in [0, 0.05) is 25.5 Å². The Morgan fingerprint density at radius 3 is 2.84 bits per heavy atom. The van der Waals surface area contributed by atoms with Gasteiger partial charge in [-0.05, 0) is 34.7 Å². The van der Waals surface area contributed by atoms with Crippen molar-refractivity contribution >= 4 is 17.2 Å². The molecule has 0 aliphatic rings. The lowest BCUT2D eigenvalue weighted by molar-refractivity contribution is 0.509. The van der Waals surface area contributed by atoms with Crippen LogP contribution in [-0.4, -0.2) is 9.55 Å². The molecular formula is C14H19N3OS. The van der Waals surface area contributed by atoms with E-state index in [0.717, 1.165) is 0 Å². The molecule has 0 saturated heterocycles. The molecule has 0 spiro atoms. The summed E-state index contributed by atoms with van der Waals surface area (Å²) in [7, 11) is 0. The van der Waals surface area contributed by atoms with Crippen molar-refractivity contribution in [3.8, 4) is 0 Å². The molecule has 102 valence electrons. The number of aromatic nitrogens is 2. The zero-order chi connectivity index (χ0) is 13.8. The first-order chi connectivity index (χ1) is 9.08. The van der Waals surface area contributed by atoms with E-state index in [1.165, 1.54) is 11.1 Å². The van der Waals surface area contributed by atoms with Gasteiger partial charge in [0.25, 0.3) is 5.56 Å². The number of rotatable bonds is 5. The smallest absolute Gasteiger partial charge is 0.293 e. The van der Waals surface area contributed by atoms with E-state index < -0.39 is 0 Å². The summed E-state index contributed by atoms with van der Waals surface area (Å²) in [6.07, 6.45) is 3.41. The van der Waals surface area contributed by atoms with Crippen molar-refractivity contribution < 1.29 is 0 Å². The number of aryl methyl sites for hydroxylation is 1. The predicted molar refractivity (Wildman–Crippen MR) is 79.7 cm³/mol. The first kappa shape index (κ1) is 13.8. The molecule has 0 bridgehead atoms. The lowest BCUT2D eigenvalue weighted by Gasteiger charge is -2.10. The van der Waals surface area contributed by atoms with Gasteiger partial charge in [-0.3, -0.25) is 4.79 Å². The monoisotopic (exact) mass is 277 g/mol. The minimum atomic E-state index is -0.0518. The van der Waals surface area contributed by atoms with Crippen molar-refractivity contribution in [2.75, 3.05) is 5.32 Å². The summed E-state index contributed by atoms with van der Waals surface area (Å²) in [6.45, 7) is 7.61. The Kier molecular flexibility index (Phi) is 4.37. The van der Waals surface area contributed by atoms with Crippen LogP contribution in [0, 0.1) is 12.8 Å². The van der Waals surface area contributed by atoms with E-state index in [4.69, 9.17) is 0 Å². The molecule has 0 amide bonds. The average molecular weight is 277 g/mol. The van der Waals surface area contributed by atoms with Crippen molar-refractivity contribution in [1.82, 2.24) is 9.55 Å². The van der Waals surface area contributed by atoms with Crippen LogP contribution in [0.25, 0.3) is 0 Å². The van der Waals surface area contributed by atoms with E-state index in [0.29, 0.717) is 24.8 Å². The van der Waals surface area contributed by atoms with Gasteiger partial charge in [0.05, 0.1) is 0 Å². The summed E-state index contributed by atoms with van der Waals surface area (Å²) in [6, 6.07) is 0. The molecule has 0 aliphatic heterocycles. The quantitative estimate of drug-likeness (QED) is 0.914. The van der Waals surface area contributed by atoms with Crippen molar-refractivity contribution in [2.45, 2.75) is 33.9 Å². The van der Waals surface area contributed by atoms with E-state index in [1.54, 1.807) is 28.3 Å². The summed E-state index contributed by atoms with van der Waals surface area (Å²) in [5.74, 6) is 0.862. The minimum absolute atomic E-state index is 0.0518. The largest absolute Gasteiger partial charge is 0.361 e. The van der Waals surface area contributed by atoms with Crippen LogP contribution in [0.3, 0.4) is 0 Å². The van der Waals surface area contributed by atoms with E-state index in [-0.39, 0.29) is 5.56 Å². The second-order valence-corrected chi connectivity index (χ2v) is 5.80. The third-order valence-electron chi connectivity index (χ3n) is 2.88. The minimum Gasteiger partial charge on any atom is -0.361 e. The second kappa shape index (κ2) is 6.02. The number of nitrogens with zero attached hydrogens (tertiary/aromatic N) is 2. The first-order valence-corrected chi connectivity index (χ1v) is 7.33. The Hall–Kier alpha value is -1.62. The SMILES string of the molecule is Cc1cscc1CNc1nccn(CC(C)C)c1=O. The summed E-state index contributed by atoms with van der Waals surface area (Å²) in [5.41, 5.74) is 2.41. The molecule has 0 atom stereocenters. The standard InChI is InChI=1S/C14H19N3OS/c1-10(2)7-17-5-4-15-13(14(17)18)16-6-12-9-19-8-11(12)3/h4-5,8-10H,6-7H2,1-3H3,(H,15,16). The average Bonchev–Trinajstić information content (AvgIpc) is 2.76. The van der Waals surface area contributed by atoms with E-state index in [2.05, 4.69) is 41.8 Å². The summed E-state index contributed by atoms with van der Waals surface area (Å²) < 4.78 is 1.71. The number of thiophene rings is 1. The van der Waals surface area contributed by atoms with Crippen molar-refractivity contribution in [2.24, 2.45) is 5.92 Å². The normalized spacial score (nSPS) is 10.9. The molecule has 2 heterocycles. The zero-order valence-corrected chi connectivity index (χ0v) is 12.3. The zero-order valence-electron chi connectivity index (χ0n) is 11.5. The van der Waals surface area contributed by atoms with Gasteiger partial charge in [-0.2, -0.15) is 11.3 Å². The molecule has 0 aromatic carbocycles. The summed E-state index contributed by atoms with van der Waals surface area (Å²) >= 11 is 1.67. The Labute approximate surface area is 117 Å². The van der Waals surface area contributed by atoms with Crippen LogP contribution in [0.4, 0.5) is 5.82 Å². The highest BCUT2D eigenvalue weighted by atomic mass is 32.1. The van der Waals surface area contributed by atoms with E-state index in [9.17, 15) is 4.79 Å². The van der Waals surface area contributed by atoms with Crippen molar-refractivity contribution in [3.63, 3.8) is 0 Å². The first-order valence-electron chi connectivity index (χ1n) is 6.39. The fraction of sp³-hybridized carbons (Fsp3) is 0.429. The molecule has 0 fully saturated rings. The third-order valence-corrected chi connectivity index (χ3v) is 3.79. The molecule has 4 nitrogen and oxygen atoms in total. The second-order valence-electron chi connectivity index (χ2n) is 5.06. The molecule has 0 radical (unpaired) electrons. The van der Waals surface area contributed by atoms with Gasteiger partial charge < -0.3 is 9.88 Å². The van der Waals surface area contributed by atoms with Crippen LogP contribution >= 0.6 is 11.3 Å². The fourth-order valence-electron chi connectivity index (χ4n) is 1.85. The number of anilines is 1. The fourth-order valence-corrected chi connectivity index (χ4v) is 2.71. The highest BCUT2D eigenvalue weighted by Gasteiger charge is 2.06. The molecule has 0 aliphatic carbocycles. The predicted octanol–water partition coefficient (Wildman–Crippen LogP) is 2.88. The van der Waals surface area contributed by atoms with Gasteiger partial charge in [0.15, 0.2) is 5.82 Å². The van der Waals surface area contributed by atoms with Crippen molar-refractivity contribution in [1.29, 1.82) is 0 Å². The molecule has 2 rings (SSSR count). The van der Waals surface area contributed by atoms with E-state index in [1.807, 2.05) is 0 Å². The van der Waals surface area contributed by atoms with Crippen LogP contribution in [0.2, 0.25) is 0 Å². The maximum Gasteiger partial charge on any atom is 0.293 e. The maximum atomic E-state index is 12.2.